The molecule has 0 saturated carbocycles. The van der Waals surface area contributed by atoms with Gasteiger partial charge >= 0.3 is 0 Å². The van der Waals surface area contributed by atoms with Gasteiger partial charge in [0, 0.05) is 40.9 Å². The minimum atomic E-state index is 0.450. The molecule has 0 fully saturated rings. The zero-order valence-corrected chi connectivity index (χ0v) is 11.9. The Bertz CT molecular complexity index is 541. The number of nitrogens with zero attached hydrogens (tertiary/aromatic N) is 1. The van der Waals surface area contributed by atoms with E-state index < -0.39 is 0 Å². The first-order valence-corrected chi connectivity index (χ1v) is 7.66. The van der Waals surface area contributed by atoms with Gasteiger partial charge in [-0.05, 0) is 30.8 Å². The molecule has 1 aromatic heterocycles. The minimum Gasteiger partial charge on any atom is -0.316 e. The number of nitrogens with one attached hydrogen (secondary N) is 1. The zero-order chi connectivity index (χ0) is 13.1. The van der Waals surface area contributed by atoms with Crippen LogP contribution in [-0.2, 0) is 6.42 Å². The number of likely N-dealkylation sites (N-methyl/N-ethyl adjacent to an activating group) is 1. The van der Waals surface area contributed by atoms with Crippen LogP contribution in [0.2, 0.25) is 0 Å². The van der Waals surface area contributed by atoms with Crippen LogP contribution in [0, 0.1) is 0 Å². The predicted molar refractivity (Wildman–Crippen MR) is 80.7 cm³/mol. The van der Waals surface area contributed by atoms with E-state index >= 15 is 0 Å². The fourth-order valence-electron chi connectivity index (χ4n) is 2.71. The first kappa shape index (κ1) is 12.7. The highest BCUT2D eigenvalue weighted by Gasteiger charge is 2.29. The highest BCUT2D eigenvalue weighted by atomic mass is 32.2. The van der Waals surface area contributed by atoms with Crippen LogP contribution in [0.25, 0.3) is 0 Å². The lowest BCUT2D eigenvalue weighted by molar-refractivity contribution is 0.484. The normalized spacial score (nSPS) is 19.1. The summed E-state index contributed by atoms with van der Waals surface area (Å²) in [5.74, 6) is 1.74. The predicted octanol–water partition coefficient (Wildman–Crippen LogP) is 3.10. The molecule has 2 aromatic rings. The van der Waals surface area contributed by atoms with Crippen molar-refractivity contribution in [3.05, 3.63) is 59.9 Å². The van der Waals surface area contributed by atoms with Crippen LogP contribution < -0.4 is 5.32 Å². The molecule has 98 valence electrons. The van der Waals surface area contributed by atoms with Crippen molar-refractivity contribution in [1.29, 1.82) is 0 Å². The molecule has 0 spiro atoms. The Balaban J connectivity index is 1.81. The van der Waals surface area contributed by atoms with Crippen molar-refractivity contribution < 1.29 is 0 Å². The second kappa shape index (κ2) is 5.76. The van der Waals surface area contributed by atoms with E-state index in [9.17, 15) is 0 Å². The second-order valence-electron chi connectivity index (χ2n) is 4.88. The molecule has 1 N–H and O–H groups in total. The fraction of sp³-hybridized carbons (Fsp3) is 0.312. The third-order valence-corrected chi connectivity index (χ3v) is 4.96. The molecule has 2 nitrogen and oxygen atoms in total. The third kappa shape index (κ3) is 2.67. The lowest BCUT2D eigenvalue weighted by Gasteiger charge is -2.23. The van der Waals surface area contributed by atoms with E-state index in [1.54, 1.807) is 0 Å². The maximum atomic E-state index is 4.45. The summed E-state index contributed by atoms with van der Waals surface area (Å²) in [5, 5.41) is 3.48. The Labute approximate surface area is 118 Å². The van der Waals surface area contributed by atoms with E-state index in [0.717, 1.165) is 17.9 Å². The van der Waals surface area contributed by atoms with Gasteiger partial charge in [-0.2, -0.15) is 0 Å². The highest BCUT2D eigenvalue weighted by molar-refractivity contribution is 7.99. The van der Waals surface area contributed by atoms with Crippen LogP contribution in [-0.4, -0.2) is 23.8 Å². The van der Waals surface area contributed by atoms with E-state index in [-0.39, 0.29) is 0 Å². The lowest BCUT2D eigenvalue weighted by Crippen LogP contribution is -2.34. The van der Waals surface area contributed by atoms with Gasteiger partial charge in [-0.3, -0.25) is 4.98 Å². The number of fused-ring (bicyclic) bond motifs is 1. The fourth-order valence-corrected chi connectivity index (χ4v) is 4.04. The van der Waals surface area contributed by atoms with Crippen LogP contribution in [0.15, 0.2) is 53.6 Å². The van der Waals surface area contributed by atoms with Crippen molar-refractivity contribution in [1.82, 2.24) is 10.3 Å². The molecule has 0 amide bonds. The van der Waals surface area contributed by atoms with Crippen molar-refractivity contribution in [2.75, 3.05) is 12.8 Å². The SMILES string of the molecule is CNC(Cc1ccccn1)C1CSc2ccccc21. The molecular formula is C16H18N2S. The summed E-state index contributed by atoms with van der Waals surface area (Å²) in [6.45, 7) is 0. The first-order valence-electron chi connectivity index (χ1n) is 6.67. The van der Waals surface area contributed by atoms with Gasteiger partial charge in [0.2, 0.25) is 0 Å². The van der Waals surface area contributed by atoms with Crippen LogP contribution in [0.4, 0.5) is 0 Å². The van der Waals surface area contributed by atoms with Crippen LogP contribution in [0.1, 0.15) is 17.2 Å². The summed E-state index contributed by atoms with van der Waals surface area (Å²) in [6, 6.07) is 15.4. The largest absolute Gasteiger partial charge is 0.316 e. The van der Waals surface area contributed by atoms with E-state index in [0.29, 0.717) is 12.0 Å². The van der Waals surface area contributed by atoms with Crippen molar-refractivity contribution >= 4 is 11.8 Å². The quantitative estimate of drug-likeness (QED) is 0.924. The molecule has 0 bridgehead atoms. The smallest absolute Gasteiger partial charge is 0.0419 e. The third-order valence-electron chi connectivity index (χ3n) is 3.75. The molecule has 2 unspecified atom stereocenters. The van der Waals surface area contributed by atoms with E-state index in [1.807, 2.05) is 24.0 Å². The topological polar surface area (TPSA) is 24.9 Å². The van der Waals surface area contributed by atoms with E-state index in [1.165, 1.54) is 10.5 Å². The molecule has 3 heteroatoms. The highest BCUT2D eigenvalue weighted by Crippen LogP contribution is 2.41. The van der Waals surface area contributed by atoms with Gasteiger partial charge in [0.05, 0.1) is 0 Å². The molecule has 0 saturated heterocycles. The Morgan fingerprint density at radius 2 is 2.11 bits per heavy atom. The molecule has 0 aliphatic carbocycles. The Morgan fingerprint density at radius 1 is 1.26 bits per heavy atom. The van der Waals surface area contributed by atoms with Gasteiger partial charge in [-0.25, -0.2) is 0 Å². The molecule has 1 aromatic carbocycles. The summed E-state index contributed by atoms with van der Waals surface area (Å²) in [5.41, 5.74) is 2.65. The Morgan fingerprint density at radius 3 is 2.89 bits per heavy atom. The number of aromatic nitrogens is 1. The molecule has 1 aliphatic rings. The minimum absolute atomic E-state index is 0.450. The molecular weight excluding hydrogens is 252 g/mol. The standard InChI is InChI=1S/C16H18N2S/c1-17-15(10-12-6-4-5-9-18-12)14-11-19-16-8-3-2-7-13(14)16/h2-9,14-15,17H,10-11H2,1H3. The van der Waals surface area contributed by atoms with E-state index in [2.05, 4.69) is 53.7 Å². The van der Waals surface area contributed by atoms with Crippen LogP contribution >= 0.6 is 11.8 Å². The molecule has 19 heavy (non-hydrogen) atoms. The van der Waals surface area contributed by atoms with E-state index in [4.69, 9.17) is 0 Å². The van der Waals surface area contributed by atoms with Gasteiger partial charge in [-0.15, -0.1) is 11.8 Å². The first-order chi connectivity index (χ1) is 9.38. The number of hydrogen-bond acceptors (Lipinski definition) is 3. The molecule has 2 heterocycles. The van der Waals surface area contributed by atoms with Gasteiger partial charge in [-0.1, -0.05) is 24.3 Å². The van der Waals surface area contributed by atoms with Crippen molar-refractivity contribution in [2.45, 2.75) is 23.3 Å². The number of hydrogen-bond donors (Lipinski definition) is 1. The Hall–Kier alpha value is -1.32. The van der Waals surface area contributed by atoms with Crippen molar-refractivity contribution in [3.63, 3.8) is 0 Å². The summed E-state index contributed by atoms with van der Waals surface area (Å²) < 4.78 is 0. The summed E-state index contributed by atoms with van der Waals surface area (Å²) in [6.07, 6.45) is 2.86. The van der Waals surface area contributed by atoms with Crippen LogP contribution in [0.3, 0.4) is 0 Å². The van der Waals surface area contributed by atoms with Crippen LogP contribution in [0.5, 0.6) is 0 Å². The van der Waals surface area contributed by atoms with Gasteiger partial charge in [0.1, 0.15) is 0 Å². The maximum Gasteiger partial charge on any atom is 0.0419 e. The van der Waals surface area contributed by atoms with Crippen molar-refractivity contribution in [3.8, 4) is 0 Å². The summed E-state index contributed by atoms with van der Waals surface area (Å²) >= 11 is 1.97. The van der Waals surface area contributed by atoms with Crippen molar-refractivity contribution in [2.24, 2.45) is 0 Å². The lowest BCUT2D eigenvalue weighted by atomic mass is 9.90. The molecule has 2 atom stereocenters. The van der Waals surface area contributed by atoms with Gasteiger partial charge in [0.25, 0.3) is 0 Å². The molecule has 3 rings (SSSR count). The summed E-state index contributed by atoms with van der Waals surface area (Å²) in [7, 11) is 2.05. The van der Waals surface area contributed by atoms with Gasteiger partial charge < -0.3 is 5.32 Å². The number of thioether (sulfide) groups is 1. The monoisotopic (exact) mass is 270 g/mol. The average Bonchev–Trinajstić information content (AvgIpc) is 2.90. The van der Waals surface area contributed by atoms with Gasteiger partial charge in [0.15, 0.2) is 0 Å². The summed E-state index contributed by atoms with van der Waals surface area (Å²) in [4.78, 5) is 5.89. The Kier molecular flexibility index (Phi) is 3.85. The maximum absolute atomic E-state index is 4.45. The molecule has 0 radical (unpaired) electrons. The average molecular weight is 270 g/mol. The second-order valence-corrected chi connectivity index (χ2v) is 5.94. The number of rotatable bonds is 4. The number of benzene rings is 1. The zero-order valence-electron chi connectivity index (χ0n) is 11.0. The molecule has 1 aliphatic heterocycles. The number of pyridine rings is 1.